The average Bonchev–Trinajstić information content (AvgIpc) is 2.55. The molecule has 8 nitrogen and oxygen atoms in total. The lowest BCUT2D eigenvalue weighted by atomic mass is 9.98. The fourth-order valence-corrected chi connectivity index (χ4v) is 2.37. The van der Waals surface area contributed by atoms with Gasteiger partial charge in [0.05, 0.1) is 11.1 Å². The number of hydrogen-bond donors (Lipinski definition) is 4. The van der Waals surface area contributed by atoms with Crippen molar-refractivity contribution in [3.8, 4) is 0 Å². The summed E-state index contributed by atoms with van der Waals surface area (Å²) in [6.45, 7) is 3.20. The molecular weight excluding hydrogens is 356 g/mol. The van der Waals surface area contributed by atoms with Crippen molar-refractivity contribution in [2.24, 2.45) is 0 Å². The van der Waals surface area contributed by atoms with Gasteiger partial charge >= 0.3 is 23.9 Å². The maximum absolute atomic E-state index is 10.7. The second kappa shape index (κ2) is 12.5. The third-order valence-electron chi connectivity index (χ3n) is 4.03. The third kappa shape index (κ3) is 9.98. The summed E-state index contributed by atoms with van der Waals surface area (Å²) in [5, 5.41) is 34.2. The van der Waals surface area contributed by atoms with Crippen LogP contribution in [-0.2, 0) is 9.59 Å². The van der Waals surface area contributed by atoms with Crippen LogP contribution in [0.15, 0.2) is 12.1 Å². The van der Waals surface area contributed by atoms with Gasteiger partial charge in [0.2, 0.25) is 0 Å². The molecule has 0 radical (unpaired) electrons. The van der Waals surface area contributed by atoms with Crippen molar-refractivity contribution in [1.29, 1.82) is 0 Å². The van der Waals surface area contributed by atoms with Gasteiger partial charge in [0.25, 0.3) is 0 Å². The number of carboxylic acids is 4. The standard InChI is InChI=1S/C10H10O4.C9H16O4/c1-5-6(2)8(10(13)14)4-3-7(5)9(11)12;10-8(11)6-4-2-1-3-5-7-9(12)13/h3-4H,1-2H3,(H,11,12)(H,13,14);1-7H2,(H,10,11)(H,12,13). The second-order valence-electron chi connectivity index (χ2n) is 6.08. The summed E-state index contributed by atoms with van der Waals surface area (Å²) >= 11 is 0. The zero-order chi connectivity index (χ0) is 21.0. The van der Waals surface area contributed by atoms with Crippen molar-refractivity contribution in [3.63, 3.8) is 0 Å². The second-order valence-corrected chi connectivity index (χ2v) is 6.08. The minimum atomic E-state index is -1.04. The Hall–Kier alpha value is -2.90. The Morgan fingerprint density at radius 3 is 1.19 bits per heavy atom. The summed E-state index contributed by atoms with van der Waals surface area (Å²) in [7, 11) is 0. The number of carbonyl (C=O) groups is 4. The first-order valence-corrected chi connectivity index (χ1v) is 8.58. The number of rotatable bonds is 10. The van der Waals surface area contributed by atoms with E-state index in [0.717, 1.165) is 19.3 Å². The molecule has 0 unspecified atom stereocenters. The quantitative estimate of drug-likeness (QED) is 0.448. The zero-order valence-corrected chi connectivity index (χ0v) is 15.5. The molecule has 0 bridgehead atoms. The van der Waals surface area contributed by atoms with E-state index >= 15 is 0 Å². The van der Waals surface area contributed by atoms with Crippen LogP contribution in [0.1, 0.15) is 76.8 Å². The van der Waals surface area contributed by atoms with E-state index in [1.165, 1.54) is 12.1 Å². The Kier molecular flexibility index (Phi) is 11.1. The Balaban J connectivity index is 0.000000503. The Morgan fingerprint density at radius 1 is 0.630 bits per heavy atom. The SMILES string of the molecule is Cc1c(C(=O)O)ccc(C(=O)O)c1C.O=C(O)CCCCCCCC(=O)O. The highest BCUT2D eigenvalue weighted by Gasteiger charge is 2.14. The van der Waals surface area contributed by atoms with Crippen molar-refractivity contribution in [1.82, 2.24) is 0 Å². The van der Waals surface area contributed by atoms with Crippen LogP contribution in [0, 0.1) is 13.8 Å². The van der Waals surface area contributed by atoms with Crippen LogP contribution in [0.25, 0.3) is 0 Å². The Bertz CT molecular complexity index is 622. The van der Waals surface area contributed by atoms with Crippen molar-refractivity contribution in [3.05, 3.63) is 34.4 Å². The number of hydrogen-bond acceptors (Lipinski definition) is 4. The molecule has 0 saturated heterocycles. The molecule has 1 rings (SSSR count). The zero-order valence-electron chi connectivity index (χ0n) is 15.5. The molecule has 1 aromatic rings. The predicted molar refractivity (Wildman–Crippen MR) is 97.4 cm³/mol. The molecule has 0 amide bonds. The molecule has 0 spiro atoms. The van der Waals surface area contributed by atoms with Gasteiger partial charge in [-0.15, -0.1) is 0 Å². The van der Waals surface area contributed by atoms with E-state index in [4.69, 9.17) is 20.4 Å². The molecule has 0 aliphatic heterocycles. The lowest BCUT2D eigenvalue weighted by Crippen LogP contribution is -2.06. The maximum atomic E-state index is 10.7. The topological polar surface area (TPSA) is 149 Å². The van der Waals surface area contributed by atoms with E-state index in [1.807, 2.05) is 0 Å². The largest absolute Gasteiger partial charge is 0.481 e. The number of aliphatic carboxylic acids is 2. The van der Waals surface area contributed by atoms with E-state index in [1.54, 1.807) is 13.8 Å². The molecule has 0 saturated carbocycles. The van der Waals surface area contributed by atoms with Crippen molar-refractivity contribution >= 4 is 23.9 Å². The van der Waals surface area contributed by atoms with Crippen LogP contribution >= 0.6 is 0 Å². The number of benzene rings is 1. The van der Waals surface area contributed by atoms with Crippen LogP contribution in [-0.4, -0.2) is 44.3 Å². The molecule has 4 N–H and O–H groups in total. The fourth-order valence-electron chi connectivity index (χ4n) is 2.37. The molecule has 0 aliphatic rings. The monoisotopic (exact) mass is 382 g/mol. The van der Waals surface area contributed by atoms with E-state index in [2.05, 4.69) is 0 Å². The van der Waals surface area contributed by atoms with Gasteiger partial charge in [-0.1, -0.05) is 19.3 Å². The minimum absolute atomic E-state index is 0.146. The van der Waals surface area contributed by atoms with Gasteiger partial charge in [-0.3, -0.25) is 9.59 Å². The van der Waals surface area contributed by atoms with Crippen molar-refractivity contribution in [2.75, 3.05) is 0 Å². The summed E-state index contributed by atoms with van der Waals surface area (Å²) in [6, 6.07) is 2.63. The molecule has 0 heterocycles. The number of aromatic carboxylic acids is 2. The van der Waals surface area contributed by atoms with Gasteiger partial charge in [0, 0.05) is 12.8 Å². The van der Waals surface area contributed by atoms with E-state index in [-0.39, 0.29) is 24.0 Å². The summed E-state index contributed by atoms with van der Waals surface area (Å²) in [5.41, 5.74) is 1.29. The summed E-state index contributed by atoms with van der Waals surface area (Å²) in [6.07, 6.45) is 4.53. The number of unbranched alkanes of at least 4 members (excludes halogenated alkanes) is 4. The van der Waals surface area contributed by atoms with Crippen molar-refractivity contribution in [2.45, 2.75) is 58.8 Å². The highest BCUT2D eigenvalue weighted by Crippen LogP contribution is 2.17. The molecule has 1 aromatic carbocycles. The lowest BCUT2D eigenvalue weighted by molar-refractivity contribution is -0.138. The lowest BCUT2D eigenvalue weighted by Gasteiger charge is -2.07. The van der Waals surface area contributed by atoms with Gasteiger partial charge in [-0.05, 0) is 49.9 Å². The normalized spacial score (nSPS) is 9.85. The maximum Gasteiger partial charge on any atom is 0.335 e. The first-order chi connectivity index (χ1) is 12.6. The van der Waals surface area contributed by atoms with Crippen molar-refractivity contribution < 1.29 is 39.6 Å². The summed E-state index contributed by atoms with van der Waals surface area (Å²) in [4.78, 5) is 41.6. The Labute approximate surface area is 157 Å². The summed E-state index contributed by atoms with van der Waals surface area (Å²) < 4.78 is 0. The summed E-state index contributed by atoms with van der Waals surface area (Å²) in [5.74, 6) is -3.60. The number of carboxylic acid groups (broad SMARTS) is 4. The fraction of sp³-hybridized carbons (Fsp3) is 0.474. The molecular formula is C19H26O8. The van der Waals surface area contributed by atoms with Crippen LogP contribution in [0.5, 0.6) is 0 Å². The van der Waals surface area contributed by atoms with Crippen LogP contribution < -0.4 is 0 Å². The molecule has 0 fully saturated rings. The van der Waals surface area contributed by atoms with Crippen LogP contribution in [0.3, 0.4) is 0 Å². The predicted octanol–water partition coefficient (Wildman–Crippen LogP) is 3.59. The molecule has 0 atom stereocenters. The Morgan fingerprint density at radius 2 is 0.926 bits per heavy atom. The van der Waals surface area contributed by atoms with Crippen LogP contribution in [0.2, 0.25) is 0 Å². The average molecular weight is 382 g/mol. The highest BCUT2D eigenvalue weighted by molar-refractivity contribution is 5.94. The molecule has 0 aliphatic carbocycles. The van der Waals surface area contributed by atoms with E-state index < -0.39 is 23.9 Å². The van der Waals surface area contributed by atoms with E-state index in [9.17, 15) is 19.2 Å². The van der Waals surface area contributed by atoms with Gasteiger partial charge in [-0.2, -0.15) is 0 Å². The smallest absolute Gasteiger partial charge is 0.335 e. The van der Waals surface area contributed by atoms with Gasteiger partial charge in [0.15, 0.2) is 0 Å². The first kappa shape index (κ1) is 24.1. The van der Waals surface area contributed by atoms with Gasteiger partial charge < -0.3 is 20.4 Å². The van der Waals surface area contributed by atoms with Crippen LogP contribution in [0.4, 0.5) is 0 Å². The van der Waals surface area contributed by atoms with Gasteiger partial charge in [-0.25, -0.2) is 9.59 Å². The molecule has 0 aromatic heterocycles. The first-order valence-electron chi connectivity index (χ1n) is 8.58. The molecule has 27 heavy (non-hydrogen) atoms. The molecule has 8 heteroatoms. The van der Waals surface area contributed by atoms with E-state index in [0.29, 0.717) is 24.0 Å². The van der Waals surface area contributed by atoms with Gasteiger partial charge in [0.1, 0.15) is 0 Å². The highest BCUT2D eigenvalue weighted by atomic mass is 16.4. The third-order valence-corrected chi connectivity index (χ3v) is 4.03. The molecule has 150 valence electrons. The minimum Gasteiger partial charge on any atom is -0.481 e.